The van der Waals surface area contributed by atoms with Crippen molar-refractivity contribution in [3.63, 3.8) is 0 Å². The fraction of sp³-hybridized carbons (Fsp3) is 0.560. The van der Waals surface area contributed by atoms with E-state index in [1.165, 1.54) is 6.92 Å². The first-order valence-corrected chi connectivity index (χ1v) is 11.9. The molecule has 2 fully saturated rings. The number of carbonyl (C=O) groups is 3. The highest BCUT2D eigenvalue weighted by Crippen LogP contribution is 2.42. The van der Waals surface area contributed by atoms with E-state index >= 15 is 0 Å². The number of hydrogen-bond donors (Lipinski definition) is 2. The molecule has 0 saturated heterocycles. The Morgan fingerprint density at radius 3 is 2.38 bits per heavy atom. The molecule has 2 aromatic rings. The van der Waals surface area contributed by atoms with E-state index in [0.717, 1.165) is 62.3 Å². The Labute approximate surface area is 188 Å². The minimum absolute atomic E-state index is 0.0405. The van der Waals surface area contributed by atoms with Crippen LogP contribution in [0.1, 0.15) is 75.7 Å². The smallest absolute Gasteiger partial charge is 0.273 e. The van der Waals surface area contributed by atoms with Crippen molar-refractivity contribution in [2.45, 2.75) is 89.4 Å². The Morgan fingerprint density at radius 2 is 1.69 bits per heavy atom. The van der Waals surface area contributed by atoms with Crippen LogP contribution in [-0.4, -0.2) is 44.8 Å². The van der Waals surface area contributed by atoms with E-state index in [-0.39, 0.29) is 29.8 Å². The minimum Gasteiger partial charge on any atom is -0.351 e. The van der Waals surface area contributed by atoms with Crippen molar-refractivity contribution >= 4 is 34.3 Å². The van der Waals surface area contributed by atoms with E-state index in [1.54, 1.807) is 0 Å². The number of amides is 3. The zero-order valence-corrected chi connectivity index (χ0v) is 18.9. The summed E-state index contributed by atoms with van der Waals surface area (Å²) in [5.41, 5.74) is 0.932. The molecule has 1 aromatic carbocycles. The van der Waals surface area contributed by atoms with E-state index < -0.39 is 5.54 Å². The van der Waals surface area contributed by atoms with Crippen molar-refractivity contribution in [3.05, 3.63) is 30.0 Å². The average Bonchev–Trinajstić information content (AvgIpc) is 3.50. The van der Waals surface area contributed by atoms with E-state index in [9.17, 15) is 14.4 Å². The van der Waals surface area contributed by atoms with Crippen LogP contribution in [-0.2, 0) is 16.1 Å². The maximum Gasteiger partial charge on any atom is 0.273 e. The molecule has 0 bridgehead atoms. The number of carbonyl (C=O) groups excluding carboxylic acids is 3. The molecule has 1 aromatic heterocycles. The molecule has 1 atom stereocenters. The third-order valence-corrected chi connectivity index (χ3v) is 7.56. The van der Waals surface area contributed by atoms with Crippen molar-refractivity contribution in [1.82, 2.24) is 14.8 Å². The van der Waals surface area contributed by atoms with Gasteiger partial charge in [0, 0.05) is 24.4 Å². The highest BCUT2D eigenvalue weighted by atomic mass is 16.2. The van der Waals surface area contributed by atoms with Gasteiger partial charge in [-0.25, -0.2) is 0 Å². The first kappa shape index (κ1) is 21.0. The Balaban J connectivity index is 1.64. The molecule has 5 rings (SSSR count). The number of para-hydroxylation sites is 1. The number of anilines is 1. The van der Waals surface area contributed by atoms with E-state index in [2.05, 4.69) is 10.6 Å². The number of aromatic nitrogens is 1. The van der Waals surface area contributed by atoms with E-state index in [0.29, 0.717) is 17.9 Å². The van der Waals surface area contributed by atoms with E-state index in [4.69, 9.17) is 0 Å². The number of nitrogens with zero attached hydrogens (tertiary/aromatic N) is 2. The standard InChI is InChI=1S/C25H32N4O3/c1-16(30)26-21-19-13-7-8-14-20(19)28-15-25(2,24(32)27-17-9-3-4-10-17)29(23(31)22(21)28)18-11-5-6-12-18/h7-8,13-14,17-18H,3-6,9-12,15H2,1-2H3,(H,26,30)(H,27,32)/t25-/m0/s1. The molecule has 0 unspecified atom stereocenters. The quantitative estimate of drug-likeness (QED) is 0.764. The summed E-state index contributed by atoms with van der Waals surface area (Å²) in [7, 11) is 0. The minimum atomic E-state index is -0.975. The molecule has 2 N–H and O–H groups in total. The van der Waals surface area contributed by atoms with Gasteiger partial charge in [0.25, 0.3) is 5.91 Å². The van der Waals surface area contributed by atoms with Crippen LogP contribution in [0.3, 0.4) is 0 Å². The van der Waals surface area contributed by atoms with Gasteiger partial charge in [-0.1, -0.05) is 43.9 Å². The Kier molecular flexibility index (Phi) is 5.22. The summed E-state index contributed by atoms with van der Waals surface area (Å²) in [5.74, 6) is -0.432. The molecular weight excluding hydrogens is 404 g/mol. The summed E-state index contributed by atoms with van der Waals surface area (Å²) in [6, 6.07) is 7.95. The third-order valence-electron chi connectivity index (χ3n) is 7.56. The highest BCUT2D eigenvalue weighted by Gasteiger charge is 2.52. The summed E-state index contributed by atoms with van der Waals surface area (Å²) in [5, 5.41) is 7.00. The monoisotopic (exact) mass is 436 g/mol. The lowest BCUT2D eigenvalue weighted by Crippen LogP contribution is -2.67. The Hall–Kier alpha value is -2.83. The van der Waals surface area contributed by atoms with Crippen LogP contribution in [0.2, 0.25) is 0 Å². The van der Waals surface area contributed by atoms with Crippen LogP contribution in [0.25, 0.3) is 10.9 Å². The second kappa shape index (κ2) is 7.94. The second-order valence-corrected chi connectivity index (χ2v) is 9.85. The Bertz CT molecular complexity index is 1080. The van der Waals surface area contributed by atoms with Gasteiger partial charge in [0.1, 0.15) is 11.2 Å². The van der Waals surface area contributed by atoms with Crippen molar-refractivity contribution in [2.75, 3.05) is 5.32 Å². The molecule has 3 aliphatic rings. The fourth-order valence-electron chi connectivity index (χ4n) is 6.04. The molecular formula is C25H32N4O3. The molecule has 1 aliphatic heterocycles. The molecule has 170 valence electrons. The van der Waals surface area contributed by atoms with Gasteiger partial charge in [0.05, 0.1) is 17.7 Å². The summed E-state index contributed by atoms with van der Waals surface area (Å²) in [6.45, 7) is 3.76. The second-order valence-electron chi connectivity index (χ2n) is 9.85. The highest BCUT2D eigenvalue weighted by molar-refractivity contribution is 6.14. The first-order valence-electron chi connectivity index (χ1n) is 11.9. The zero-order valence-electron chi connectivity index (χ0n) is 18.9. The van der Waals surface area contributed by atoms with Gasteiger partial charge < -0.3 is 20.1 Å². The normalized spacial score (nSPS) is 24.2. The molecule has 7 heteroatoms. The molecule has 2 aliphatic carbocycles. The summed E-state index contributed by atoms with van der Waals surface area (Å²) in [6.07, 6.45) is 8.24. The van der Waals surface area contributed by atoms with Gasteiger partial charge in [0.15, 0.2) is 0 Å². The van der Waals surface area contributed by atoms with Crippen LogP contribution >= 0.6 is 0 Å². The van der Waals surface area contributed by atoms with Crippen LogP contribution < -0.4 is 10.6 Å². The Morgan fingerprint density at radius 1 is 1.03 bits per heavy atom. The van der Waals surface area contributed by atoms with Gasteiger partial charge in [-0.05, 0) is 38.7 Å². The number of benzene rings is 1. The third kappa shape index (κ3) is 3.29. The molecule has 0 radical (unpaired) electrons. The van der Waals surface area contributed by atoms with Crippen LogP contribution in [0.4, 0.5) is 5.69 Å². The van der Waals surface area contributed by atoms with Crippen molar-refractivity contribution in [1.29, 1.82) is 0 Å². The predicted molar refractivity (Wildman–Crippen MR) is 123 cm³/mol. The lowest BCUT2D eigenvalue weighted by molar-refractivity contribution is -0.135. The number of hydrogen-bond acceptors (Lipinski definition) is 3. The lowest BCUT2D eigenvalue weighted by atomic mass is 9.91. The van der Waals surface area contributed by atoms with Gasteiger partial charge in [0.2, 0.25) is 11.8 Å². The van der Waals surface area contributed by atoms with Gasteiger partial charge in [-0.3, -0.25) is 14.4 Å². The lowest BCUT2D eigenvalue weighted by Gasteiger charge is -2.47. The topological polar surface area (TPSA) is 83.4 Å². The number of nitrogens with one attached hydrogen (secondary N) is 2. The molecule has 2 saturated carbocycles. The SMILES string of the molecule is CC(=O)Nc1c2n(c3ccccc13)C[C@@](C)(C(=O)NC1CCCC1)N(C1CCCC1)C2=O. The largest absolute Gasteiger partial charge is 0.351 e. The molecule has 3 amide bonds. The van der Waals surface area contributed by atoms with Crippen molar-refractivity contribution in [2.24, 2.45) is 0 Å². The van der Waals surface area contributed by atoms with Crippen molar-refractivity contribution in [3.8, 4) is 0 Å². The maximum atomic E-state index is 14.1. The van der Waals surface area contributed by atoms with Gasteiger partial charge in [-0.2, -0.15) is 0 Å². The van der Waals surface area contributed by atoms with Gasteiger partial charge >= 0.3 is 0 Å². The number of rotatable bonds is 4. The van der Waals surface area contributed by atoms with Crippen molar-refractivity contribution < 1.29 is 14.4 Å². The molecule has 7 nitrogen and oxygen atoms in total. The van der Waals surface area contributed by atoms with Gasteiger partial charge in [-0.15, -0.1) is 0 Å². The number of fused-ring (bicyclic) bond motifs is 3. The van der Waals surface area contributed by atoms with Crippen LogP contribution in [0, 0.1) is 0 Å². The molecule has 0 spiro atoms. The average molecular weight is 437 g/mol. The summed E-state index contributed by atoms with van der Waals surface area (Å²) >= 11 is 0. The predicted octanol–water partition coefficient (Wildman–Crippen LogP) is 3.82. The molecule has 32 heavy (non-hydrogen) atoms. The van der Waals surface area contributed by atoms with Crippen LogP contribution in [0.5, 0.6) is 0 Å². The fourth-order valence-corrected chi connectivity index (χ4v) is 6.04. The van der Waals surface area contributed by atoms with Crippen LogP contribution in [0.15, 0.2) is 24.3 Å². The maximum absolute atomic E-state index is 14.1. The first-order chi connectivity index (χ1) is 15.4. The summed E-state index contributed by atoms with van der Waals surface area (Å²) in [4.78, 5) is 41.7. The molecule has 2 heterocycles. The van der Waals surface area contributed by atoms with E-state index in [1.807, 2.05) is 40.7 Å². The summed E-state index contributed by atoms with van der Waals surface area (Å²) < 4.78 is 1.95. The zero-order chi connectivity index (χ0) is 22.5.